The molecular formula is C29H37Cl3N2O5. The predicted octanol–water partition coefficient (Wildman–Crippen LogP) is 4.54. The van der Waals surface area contributed by atoms with Gasteiger partial charge in [0.2, 0.25) is 5.78 Å². The fraction of sp³-hybridized carbons (Fsp3) is 0.586. The van der Waals surface area contributed by atoms with E-state index in [9.17, 15) is 19.8 Å². The third-order valence-corrected chi connectivity index (χ3v) is 11.9. The number of quaternary nitrogens is 1. The first-order valence-corrected chi connectivity index (χ1v) is 14.3. The molecular weight excluding hydrogens is 563 g/mol. The van der Waals surface area contributed by atoms with E-state index in [2.05, 4.69) is 13.2 Å². The van der Waals surface area contributed by atoms with Crippen LogP contribution in [0, 0.1) is 23.7 Å². The van der Waals surface area contributed by atoms with Gasteiger partial charge in [-0.2, -0.15) is 5.84 Å². The maximum atomic E-state index is 14.9. The van der Waals surface area contributed by atoms with Crippen LogP contribution in [0.5, 0.6) is 11.5 Å². The van der Waals surface area contributed by atoms with Gasteiger partial charge < -0.3 is 14.9 Å². The van der Waals surface area contributed by atoms with Crippen LogP contribution in [-0.2, 0) is 4.74 Å². The number of nitrogens with two attached hydrogens (primary N) is 2. The Morgan fingerprint density at radius 1 is 1.13 bits per heavy atom. The number of Topliss-reactive ketones (excluding diaryl/α,β-unsaturated/α-hetero) is 2. The van der Waals surface area contributed by atoms with E-state index in [0.29, 0.717) is 12.8 Å². The first kappa shape index (κ1) is 30.4. The number of alkyl halides is 3. The van der Waals surface area contributed by atoms with Crippen molar-refractivity contribution in [3.8, 4) is 11.5 Å². The number of phenols is 1. The molecule has 39 heavy (non-hydrogen) atoms. The van der Waals surface area contributed by atoms with Crippen molar-refractivity contribution in [3.05, 3.63) is 42.0 Å². The van der Waals surface area contributed by atoms with E-state index >= 15 is 0 Å². The third-order valence-electron chi connectivity index (χ3n) is 9.77. The molecule has 7 nitrogen and oxygen atoms in total. The number of aromatic hydroxyl groups is 1. The number of carbonyl (C=O) groups excluding carboxylic acids is 2. The second kappa shape index (κ2) is 9.47. The van der Waals surface area contributed by atoms with Gasteiger partial charge in [0.25, 0.3) is 0 Å². The molecule has 1 heterocycles. The van der Waals surface area contributed by atoms with Gasteiger partial charge in [-0.25, -0.2) is 5.43 Å². The molecule has 214 valence electrons. The molecule has 5 atom stereocenters. The Kier molecular flexibility index (Phi) is 7.37. The second-order valence-electron chi connectivity index (χ2n) is 12.4. The molecule has 1 aromatic carbocycles. The van der Waals surface area contributed by atoms with Gasteiger partial charge in [0, 0.05) is 10.8 Å². The van der Waals surface area contributed by atoms with Crippen LogP contribution < -0.4 is 16.4 Å². The maximum absolute atomic E-state index is 14.9. The van der Waals surface area contributed by atoms with Crippen molar-refractivity contribution in [1.29, 1.82) is 0 Å². The van der Waals surface area contributed by atoms with E-state index in [4.69, 9.17) is 45.4 Å². The van der Waals surface area contributed by atoms with Gasteiger partial charge in [-0.05, 0) is 69.1 Å². The van der Waals surface area contributed by atoms with Gasteiger partial charge in [-0.1, -0.05) is 26.0 Å². The van der Waals surface area contributed by atoms with Crippen LogP contribution in [0.4, 0.5) is 5.69 Å². The van der Waals surface area contributed by atoms with Gasteiger partial charge in [0.05, 0.1) is 22.1 Å². The monoisotopic (exact) mass is 598 g/mol. The molecule has 1 saturated heterocycles. The fourth-order valence-corrected chi connectivity index (χ4v) is 8.14. The van der Waals surface area contributed by atoms with Crippen LogP contribution in [0.2, 0.25) is 0 Å². The number of halogens is 3. The Balaban J connectivity index is 2.10. The number of rotatable bonds is 5. The standard InChI is InChI=1S/C29H37Cl3N2O5/c1-8-27(9-2)11-10-16(30)25(4,5)15(27)12-29-24(38)18-19(21(35)14(3)22(36)20(18)34-33)23(37)28(29,32)13-17(31)26(6,7)39-29/h8-9,15-17,34-36H,1-2,10-13,33H2,3-7H3. The minimum absolute atomic E-state index is 0.0331. The van der Waals surface area contributed by atoms with Crippen molar-refractivity contribution >= 4 is 52.1 Å². The molecule has 5 unspecified atom stereocenters. The van der Waals surface area contributed by atoms with Gasteiger partial charge in [-0.3, -0.25) is 9.59 Å². The number of fused-ring (bicyclic) bond motifs is 2. The molecule has 1 aliphatic heterocycles. The minimum atomic E-state index is -1.98. The fourth-order valence-electron chi connectivity index (χ4n) is 7.08. The van der Waals surface area contributed by atoms with Crippen LogP contribution in [0.25, 0.3) is 0 Å². The summed E-state index contributed by atoms with van der Waals surface area (Å²) in [4.78, 5) is 27.3. The average Bonchev–Trinajstić information content (AvgIpc) is 2.87. The Hall–Kier alpha value is -1.61. The molecule has 4 rings (SSSR count). The summed E-state index contributed by atoms with van der Waals surface area (Å²) < 4.78 is 6.66. The molecule has 0 amide bonds. The highest BCUT2D eigenvalue weighted by Gasteiger charge is 2.73. The number of benzene rings is 1. The number of ether oxygens (including phenoxy) is 1. The number of phenolic OH excluding ortho intramolecular Hbond substituents is 1. The molecule has 2 aliphatic carbocycles. The molecule has 1 aromatic rings. The van der Waals surface area contributed by atoms with Crippen LogP contribution in [0.15, 0.2) is 25.3 Å². The normalized spacial score (nSPS) is 34.6. The van der Waals surface area contributed by atoms with Crippen LogP contribution >= 0.6 is 34.8 Å². The Bertz CT molecular complexity index is 1270. The topological polar surface area (TPSA) is 129 Å². The number of ketones is 2. The van der Waals surface area contributed by atoms with Gasteiger partial charge in [0.15, 0.2) is 17.1 Å². The molecule has 5 N–H and O–H groups in total. The molecule has 0 radical (unpaired) electrons. The quantitative estimate of drug-likeness (QED) is 0.114. The summed E-state index contributed by atoms with van der Waals surface area (Å²) in [6.07, 6.45) is 4.79. The largest absolute Gasteiger partial charge is 0.868 e. The lowest BCUT2D eigenvalue weighted by Crippen LogP contribution is -2.86. The third kappa shape index (κ3) is 3.87. The summed E-state index contributed by atoms with van der Waals surface area (Å²) in [6, 6.07) is 0. The SMILES string of the molecule is C=CC1(C=C)CCC(Cl)C(C)(C)C1CC12OC(C)(C)C(Cl)CC1(Cl)C(=O)c1c(O)c(C)c([O-])c([NH2+]N)c1C2=O. The first-order valence-electron chi connectivity index (χ1n) is 13.1. The van der Waals surface area contributed by atoms with Gasteiger partial charge in [-0.15, -0.1) is 48.0 Å². The Morgan fingerprint density at radius 2 is 1.72 bits per heavy atom. The first-order chi connectivity index (χ1) is 17.9. The predicted molar refractivity (Wildman–Crippen MR) is 151 cm³/mol. The molecule has 2 fully saturated rings. The molecule has 10 heteroatoms. The second-order valence-corrected chi connectivity index (χ2v) is 14.1. The summed E-state index contributed by atoms with van der Waals surface area (Å²) in [6.45, 7) is 17.0. The summed E-state index contributed by atoms with van der Waals surface area (Å²) in [5.74, 6) is 2.78. The highest BCUT2D eigenvalue weighted by molar-refractivity contribution is 6.45. The lowest BCUT2D eigenvalue weighted by Gasteiger charge is -2.61. The zero-order chi connectivity index (χ0) is 29.5. The number of carbonyl (C=O) groups is 2. The summed E-state index contributed by atoms with van der Waals surface area (Å²) in [5, 5.41) is 23.1. The van der Waals surface area contributed by atoms with Crippen molar-refractivity contribution in [1.82, 2.24) is 0 Å². The lowest BCUT2D eigenvalue weighted by atomic mass is 9.50. The zero-order valence-corrected chi connectivity index (χ0v) is 25.3. The molecule has 0 bridgehead atoms. The molecule has 0 aromatic heterocycles. The number of hydrogen-bond acceptors (Lipinski definition) is 6. The van der Waals surface area contributed by atoms with Gasteiger partial charge in [0.1, 0.15) is 10.6 Å². The molecule has 3 aliphatic rings. The van der Waals surface area contributed by atoms with Crippen molar-refractivity contribution in [3.63, 3.8) is 0 Å². The maximum Gasteiger partial charge on any atom is 0.203 e. The van der Waals surface area contributed by atoms with Crippen LogP contribution in [-0.4, -0.2) is 43.5 Å². The average molecular weight is 600 g/mol. The lowest BCUT2D eigenvalue weighted by molar-refractivity contribution is -0.588. The summed E-state index contributed by atoms with van der Waals surface area (Å²) in [7, 11) is 0. The van der Waals surface area contributed by atoms with Crippen molar-refractivity contribution < 1.29 is 30.0 Å². The van der Waals surface area contributed by atoms with Crippen molar-refractivity contribution in [2.45, 2.75) is 87.1 Å². The highest BCUT2D eigenvalue weighted by atomic mass is 35.5. The summed E-state index contributed by atoms with van der Waals surface area (Å²) >= 11 is 21.0. The van der Waals surface area contributed by atoms with E-state index in [1.54, 1.807) is 13.8 Å². The summed E-state index contributed by atoms with van der Waals surface area (Å²) in [5.41, 5.74) is -4.19. The minimum Gasteiger partial charge on any atom is -0.868 e. The van der Waals surface area contributed by atoms with E-state index in [1.807, 2.05) is 26.0 Å². The van der Waals surface area contributed by atoms with E-state index in [1.165, 1.54) is 6.92 Å². The Morgan fingerprint density at radius 3 is 2.26 bits per heavy atom. The van der Waals surface area contributed by atoms with E-state index in [-0.39, 0.29) is 40.6 Å². The number of allylic oxidation sites excluding steroid dienone is 2. The van der Waals surface area contributed by atoms with Crippen LogP contribution in [0.1, 0.15) is 79.7 Å². The van der Waals surface area contributed by atoms with Gasteiger partial charge >= 0.3 is 0 Å². The molecule has 1 saturated carbocycles. The molecule has 0 spiro atoms. The van der Waals surface area contributed by atoms with Crippen LogP contribution in [0.3, 0.4) is 0 Å². The highest BCUT2D eigenvalue weighted by Crippen LogP contribution is 2.63. The smallest absolute Gasteiger partial charge is 0.203 e. The van der Waals surface area contributed by atoms with E-state index < -0.39 is 61.3 Å². The van der Waals surface area contributed by atoms with Crippen molar-refractivity contribution in [2.24, 2.45) is 22.6 Å². The van der Waals surface area contributed by atoms with Crippen molar-refractivity contribution in [2.75, 3.05) is 0 Å². The van der Waals surface area contributed by atoms with E-state index in [0.717, 1.165) is 5.43 Å². The zero-order valence-electron chi connectivity index (χ0n) is 23.0. The Labute approximate surface area is 244 Å². The number of hydrogen-bond donors (Lipinski definition) is 3.